The van der Waals surface area contributed by atoms with E-state index in [9.17, 15) is 16.8 Å². The standard InChI is InChI=1S/C8H15NO5S2/c10-15(11)6-2-8(3-7-15)16(12,13)9-4-1-5-14-9/h8H,1-7H2. The first kappa shape index (κ1) is 12.3. The number of hydrogen-bond donors (Lipinski definition) is 0. The highest BCUT2D eigenvalue weighted by Gasteiger charge is 2.38. The fraction of sp³-hybridized carbons (Fsp3) is 1.00. The summed E-state index contributed by atoms with van der Waals surface area (Å²) in [5, 5.41) is -0.603. The summed E-state index contributed by atoms with van der Waals surface area (Å²) in [6, 6.07) is 0. The van der Waals surface area contributed by atoms with Crippen LogP contribution in [0, 0.1) is 0 Å². The molecule has 0 aromatic carbocycles. The molecule has 0 atom stereocenters. The summed E-state index contributed by atoms with van der Waals surface area (Å²) in [6.07, 6.45) is 1.07. The van der Waals surface area contributed by atoms with E-state index in [0.717, 1.165) is 4.47 Å². The number of hydroxylamine groups is 1. The molecule has 0 radical (unpaired) electrons. The number of sulfone groups is 1. The second kappa shape index (κ2) is 4.25. The minimum Gasteiger partial charge on any atom is -0.284 e. The average molecular weight is 269 g/mol. The lowest BCUT2D eigenvalue weighted by atomic mass is 10.2. The third-order valence-corrected chi connectivity index (χ3v) is 6.81. The number of nitrogens with zero attached hydrogens (tertiary/aromatic N) is 1. The predicted octanol–water partition coefficient (Wildman–Crippen LogP) is -0.469. The van der Waals surface area contributed by atoms with Crippen LogP contribution in [0.4, 0.5) is 0 Å². The van der Waals surface area contributed by atoms with Crippen LogP contribution in [0.3, 0.4) is 0 Å². The molecule has 2 saturated heterocycles. The molecule has 2 aliphatic heterocycles. The van der Waals surface area contributed by atoms with Crippen LogP contribution in [0.15, 0.2) is 0 Å². The molecule has 6 nitrogen and oxygen atoms in total. The summed E-state index contributed by atoms with van der Waals surface area (Å²) in [5.74, 6) is -0.0739. The molecule has 2 rings (SSSR count). The van der Waals surface area contributed by atoms with Gasteiger partial charge in [-0.3, -0.25) is 4.84 Å². The highest BCUT2D eigenvalue weighted by Crippen LogP contribution is 2.24. The molecule has 0 saturated carbocycles. The van der Waals surface area contributed by atoms with E-state index in [1.165, 1.54) is 0 Å². The van der Waals surface area contributed by atoms with E-state index in [0.29, 0.717) is 19.6 Å². The quantitative estimate of drug-likeness (QED) is 0.677. The molecule has 16 heavy (non-hydrogen) atoms. The molecule has 0 bridgehead atoms. The highest BCUT2D eigenvalue weighted by molar-refractivity contribution is 7.92. The smallest absolute Gasteiger partial charge is 0.238 e. The van der Waals surface area contributed by atoms with Crippen LogP contribution in [0.1, 0.15) is 19.3 Å². The zero-order valence-corrected chi connectivity index (χ0v) is 10.5. The van der Waals surface area contributed by atoms with Crippen molar-refractivity contribution < 1.29 is 21.7 Å². The Morgan fingerprint density at radius 1 is 1.19 bits per heavy atom. The van der Waals surface area contributed by atoms with Gasteiger partial charge in [-0.1, -0.05) is 4.47 Å². The van der Waals surface area contributed by atoms with E-state index in [4.69, 9.17) is 4.84 Å². The Hall–Kier alpha value is -0.180. The normalized spacial score (nSPS) is 28.2. The number of sulfonamides is 1. The fourth-order valence-corrected chi connectivity index (χ4v) is 5.52. The summed E-state index contributed by atoms with van der Waals surface area (Å²) in [5.41, 5.74) is 0. The summed E-state index contributed by atoms with van der Waals surface area (Å²) in [4.78, 5) is 5.02. The van der Waals surface area contributed by atoms with Crippen molar-refractivity contribution in [3.8, 4) is 0 Å². The summed E-state index contributed by atoms with van der Waals surface area (Å²) in [6.45, 7) is 0.801. The molecule has 0 aliphatic carbocycles. The minimum absolute atomic E-state index is 0.0370. The van der Waals surface area contributed by atoms with Crippen LogP contribution in [-0.4, -0.2) is 51.2 Å². The molecule has 94 valence electrons. The van der Waals surface area contributed by atoms with Gasteiger partial charge in [0.25, 0.3) is 0 Å². The molecule has 0 unspecified atom stereocenters. The van der Waals surface area contributed by atoms with Crippen molar-refractivity contribution in [1.82, 2.24) is 4.47 Å². The summed E-state index contributed by atoms with van der Waals surface area (Å²) >= 11 is 0. The van der Waals surface area contributed by atoms with Crippen LogP contribution in [0.5, 0.6) is 0 Å². The van der Waals surface area contributed by atoms with Gasteiger partial charge in [0.05, 0.1) is 23.4 Å². The molecule has 0 aromatic heterocycles. The molecule has 0 amide bonds. The van der Waals surface area contributed by atoms with Gasteiger partial charge in [0, 0.05) is 6.54 Å². The second-order valence-electron chi connectivity index (χ2n) is 4.11. The first-order valence-corrected chi connectivity index (χ1v) is 8.59. The van der Waals surface area contributed by atoms with Gasteiger partial charge in [0.2, 0.25) is 10.0 Å². The van der Waals surface area contributed by atoms with E-state index >= 15 is 0 Å². The summed E-state index contributed by atoms with van der Waals surface area (Å²) < 4.78 is 47.4. The topological polar surface area (TPSA) is 80.8 Å². The predicted molar refractivity (Wildman–Crippen MR) is 57.9 cm³/mol. The van der Waals surface area contributed by atoms with Gasteiger partial charge in [-0.2, -0.15) is 0 Å². The molecule has 0 aromatic rings. The third-order valence-electron chi connectivity index (χ3n) is 2.93. The molecule has 2 fully saturated rings. The van der Waals surface area contributed by atoms with E-state index in [1.54, 1.807) is 0 Å². The Balaban J connectivity index is 2.08. The molecule has 0 N–H and O–H groups in total. The maximum atomic E-state index is 12.0. The van der Waals surface area contributed by atoms with Gasteiger partial charge >= 0.3 is 0 Å². The Bertz CT molecular complexity index is 435. The van der Waals surface area contributed by atoms with Crippen LogP contribution >= 0.6 is 0 Å². The molecular formula is C8H15NO5S2. The van der Waals surface area contributed by atoms with Crippen molar-refractivity contribution in [2.45, 2.75) is 24.5 Å². The van der Waals surface area contributed by atoms with Crippen molar-refractivity contribution >= 4 is 19.9 Å². The van der Waals surface area contributed by atoms with Crippen molar-refractivity contribution in [1.29, 1.82) is 0 Å². The second-order valence-corrected chi connectivity index (χ2v) is 8.52. The average Bonchev–Trinajstić information content (AvgIpc) is 2.70. The van der Waals surface area contributed by atoms with Crippen LogP contribution in [0.2, 0.25) is 0 Å². The van der Waals surface area contributed by atoms with Crippen LogP contribution in [0.25, 0.3) is 0 Å². The Morgan fingerprint density at radius 3 is 2.31 bits per heavy atom. The Morgan fingerprint density at radius 2 is 1.81 bits per heavy atom. The maximum Gasteiger partial charge on any atom is 0.238 e. The monoisotopic (exact) mass is 269 g/mol. The number of hydrogen-bond acceptors (Lipinski definition) is 5. The van der Waals surface area contributed by atoms with Crippen molar-refractivity contribution in [2.24, 2.45) is 0 Å². The molecular weight excluding hydrogens is 254 g/mol. The van der Waals surface area contributed by atoms with Crippen LogP contribution < -0.4 is 0 Å². The van der Waals surface area contributed by atoms with E-state index < -0.39 is 25.1 Å². The van der Waals surface area contributed by atoms with Gasteiger partial charge in [-0.15, -0.1) is 0 Å². The first-order valence-electron chi connectivity index (χ1n) is 5.27. The van der Waals surface area contributed by atoms with Gasteiger partial charge in [-0.05, 0) is 19.3 Å². The van der Waals surface area contributed by atoms with E-state index in [2.05, 4.69) is 0 Å². The summed E-state index contributed by atoms with van der Waals surface area (Å²) in [7, 11) is -6.49. The SMILES string of the molecule is O=S1(=O)CCC(S(=O)(=O)N2CCCO2)CC1. The highest BCUT2D eigenvalue weighted by atomic mass is 32.2. The van der Waals surface area contributed by atoms with Crippen molar-refractivity contribution in [3.63, 3.8) is 0 Å². The first-order chi connectivity index (χ1) is 7.42. The van der Waals surface area contributed by atoms with Crippen molar-refractivity contribution in [3.05, 3.63) is 0 Å². The van der Waals surface area contributed by atoms with Gasteiger partial charge < -0.3 is 0 Å². The van der Waals surface area contributed by atoms with E-state index in [1.807, 2.05) is 0 Å². The zero-order chi connectivity index (χ0) is 11.8. The van der Waals surface area contributed by atoms with Gasteiger partial charge in [0.15, 0.2) is 0 Å². The maximum absolute atomic E-state index is 12.0. The van der Waals surface area contributed by atoms with Gasteiger partial charge in [-0.25, -0.2) is 16.8 Å². The molecule has 2 heterocycles. The third kappa shape index (κ3) is 2.39. The van der Waals surface area contributed by atoms with E-state index in [-0.39, 0.29) is 24.3 Å². The fourth-order valence-electron chi connectivity index (χ4n) is 1.96. The lowest BCUT2D eigenvalue weighted by Gasteiger charge is -2.25. The van der Waals surface area contributed by atoms with Gasteiger partial charge in [0.1, 0.15) is 9.84 Å². The largest absolute Gasteiger partial charge is 0.284 e. The zero-order valence-electron chi connectivity index (χ0n) is 8.83. The molecule has 8 heteroatoms. The molecule has 0 spiro atoms. The Kier molecular flexibility index (Phi) is 3.26. The Labute approximate surface area is 95.5 Å². The molecule has 2 aliphatic rings. The minimum atomic E-state index is -3.47. The van der Waals surface area contributed by atoms with Crippen molar-refractivity contribution in [2.75, 3.05) is 24.7 Å². The number of rotatable bonds is 2. The van der Waals surface area contributed by atoms with Crippen LogP contribution in [-0.2, 0) is 24.7 Å². The lowest BCUT2D eigenvalue weighted by molar-refractivity contribution is -0.0295. The lowest BCUT2D eigenvalue weighted by Crippen LogP contribution is -2.40.